The summed E-state index contributed by atoms with van der Waals surface area (Å²) >= 11 is 3.30. The molecule has 3 rings (SSSR count). The molecule has 0 aliphatic heterocycles. The number of thiophene rings is 1. The SMILES string of the molecule is NCc1sc(-c2ccccn2)nc1-c1cccs1. The number of hydrogen-bond acceptors (Lipinski definition) is 5. The van der Waals surface area contributed by atoms with Crippen LogP contribution in [0.1, 0.15) is 4.88 Å². The minimum Gasteiger partial charge on any atom is -0.326 e. The van der Waals surface area contributed by atoms with E-state index in [0.717, 1.165) is 26.1 Å². The molecule has 0 spiro atoms. The molecule has 3 heterocycles. The number of rotatable bonds is 3. The van der Waals surface area contributed by atoms with Crippen molar-refractivity contribution in [1.82, 2.24) is 9.97 Å². The van der Waals surface area contributed by atoms with Crippen LogP contribution in [0.25, 0.3) is 21.3 Å². The van der Waals surface area contributed by atoms with Crippen molar-refractivity contribution in [3.05, 3.63) is 46.8 Å². The molecule has 0 fully saturated rings. The third-order valence-electron chi connectivity index (χ3n) is 2.52. The lowest BCUT2D eigenvalue weighted by atomic mass is 10.3. The lowest BCUT2D eigenvalue weighted by Gasteiger charge is -1.94. The van der Waals surface area contributed by atoms with Crippen LogP contribution in [0.4, 0.5) is 0 Å². The van der Waals surface area contributed by atoms with E-state index in [2.05, 4.69) is 21.4 Å². The van der Waals surface area contributed by atoms with Gasteiger partial charge in [-0.2, -0.15) is 0 Å². The molecule has 3 nitrogen and oxygen atoms in total. The minimum atomic E-state index is 0.512. The number of hydrogen-bond donors (Lipinski definition) is 1. The second-order valence-corrected chi connectivity index (χ2v) is 5.72. The summed E-state index contributed by atoms with van der Waals surface area (Å²) in [5.41, 5.74) is 7.70. The van der Waals surface area contributed by atoms with Gasteiger partial charge in [-0.05, 0) is 23.6 Å². The predicted octanol–water partition coefficient (Wildman–Crippen LogP) is 3.39. The summed E-state index contributed by atoms with van der Waals surface area (Å²) in [5, 5.41) is 2.98. The molecule has 0 aliphatic carbocycles. The van der Waals surface area contributed by atoms with Gasteiger partial charge in [0.15, 0.2) is 0 Å². The van der Waals surface area contributed by atoms with Crippen molar-refractivity contribution in [2.75, 3.05) is 0 Å². The fourth-order valence-electron chi connectivity index (χ4n) is 1.69. The van der Waals surface area contributed by atoms with E-state index in [1.807, 2.05) is 24.3 Å². The summed E-state index contributed by atoms with van der Waals surface area (Å²) in [4.78, 5) is 11.3. The van der Waals surface area contributed by atoms with Crippen LogP contribution in [0.2, 0.25) is 0 Å². The molecular formula is C13H11N3S2. The van der Waals surface area contributed by atoms with E-state index in [1.54, 1.807) is 28.9 Å². The van der Waals surface area contributed by atoms with Crippen LogP contribution in [0, 0.1) is 0 Å². The first-order chi connectivity index (χ1) is 8.88. The maximum atomic E-state index is 5.80. The van der Waals surface area contributed by atoms with Gasteiger partial charge in [0.25, 0.3) is 0 Å². The summed E-state index contributed by atoms with van der Waals surface area (Å²) in [7, 11) is 0. The lowest BCUT2D eigenvalue weighted by molar-refractivity contribution is 1.10. The molecule has 0 aliphatic rings. The van der Waals surface area contributed by atoms with Crippen LogP contribution >= 0.6 is 22.7 Å². The maximum Gasteiger partial charge on any atom is 0.142 e. The van der Waals surface area contributed by atoms with Crippen molar-refractivity contribution in [1.29, 1.82) is 0 Å². The standard InChI is InChI=1S/C13H11N3S2/c14-8-11-12(10-5-3-7-17-10)16-13(18-11)9-4-1-2-6-15-9/h1-7H,8,14H2. The fraction of sp³-hybridized carbons (Fsp3) is 0.0769. The smallest absolute Gasteiger partial charge is 0.142 e. The van der Waals surface area contributed by atoms with E-state index in [0.29, 0.717) is 6.54 Å². The molecule has 0 amide bonds. The van der Waals surface area contributed by atoms with Crippen LogP contribution in [-0.2, 0) is 6.54 Å². The molecule has 18 heavy (non-hydrogen) atoms. The molecule has 3 aromatic heterocycles. The molecule has 0 aromatic carbocycles. The van der Waals surface area contributed by atoms with Crippen molar-refractivity contribution in [2.24, 2.45) is 5.73 Å². The van der Waals surface area contributed by atoms with E-state index >= 15 is 0 Å². The summed E-state index contributed by atoms with van der Waals surface area (Å²) < 4.78 is 0. The third kappa shape index (κ3) is 2.08. The van der Waals surface area contributed by atoms with Gasteiger partial charge in [0.05, 0.1) is 16.3 Å². The van der Waals surface area contributed by atoms with Crippen LogP contribution < -0.4 is 5.73 Å². The number of aromatic nitrogens is 2. The highest BCUT2D eigenvalue weighted by Crippen LogP contribution is 2.34. The molecule has 5 heteroatoms. The monoisotopic (exact) mass is 273 g/mol. The van der Waals surface area contributed by atoms with E-state index in [1.165, 1.54) is 0 Å². The molecule has 0 saturated heterocycles. The largest absolute Gasteiger partial charge is 0.326 e. The normalized spacial score (nSPS) is 10.7. The zero-order valence-electron chi connectivity index (χ0n) is 9.54. The Morgan fingerprint density at radius 2 is 2.11 bits per heavy atom. The van der Waals surface area contributed by atoms with Crippen LogP contribution in [0.3, 0.4) is 0 Å². The van der Waals surface area contributed by atoms with Crippen LogP contribution in [0.5, 0.6) is 0 Å². The molecule has 90 valence electrons. The molecule has 0 radical (unpaired) electrons. The Labute approximate surface area is 113 Å². The van der Waals surface area contributed by atoms with E-state index in [9.17, 15) is 0 Å². The van der Waals surface area contributed by atoms with Crippen molar-refractivity contribution in [3.63, 3.8) is 0 Å². The Morgan fingerprint density at radius 1 is 1.17 bits per heavy atom. The van der Waals surface area contributed by atoms with Gasteiger partial charge in [-0.25, -0.2) is 4.98 Å². The average molecular weight is 273 g/mol. The molecule has 2 N–H and O–H groups in total. The van der Waals surface area contributed by atoms with E-state index in [-0.39, 0.29) is 0 Å². The average Bonchev–Trinajstić information content (AvgIpc) is 3.08. The zero-order chi connectivity index (χ0) is 12.4. The molecule has 0 unspecified atom stereocenters. The van der Waals surface area contributed by atoms with Crippen LogP contribution in [0.15, 0.2) is 41.9 Å². The summed E-state index contributed by atoms with van der Waals surface area (Å²) in [6, 6.07) is 9.94. The zero-order valence-corrected chi connectivity index (χ0v) is 11.2. The highest BCUT2D eigenvalue weighted by Gasteiger charge is 2.14. The Balaban J connectivity index is 2.09. The number of nitrogens with zero attached hydrogens (tertiary/aromatic N) is 2. The Morgan fingerprint density at radius 3 is 2.78 bits per heavy atom. The van der Waals surface area contributed by atoms with Crippen molar-refractivity contribution < 1.29 is 0 Å². The summed E-state index contributed by atoms with van der Waals surface area (Å²) in [6.45, 7) is 0.512. The highest BCUT2D eigenvalue weighted by atomic mass is 32.1. The Hall–Kier alpha value is -1.56. The second kappa shape index (κ2) is 4.97. The van der Waals surface area contributed by atoms with Crippen molar-refractivity contribution >= 4 is 22.7 Å². The summed E-state index contributed by atoms with van der Waals surface area (Å²) in [6.07, 6.45) is 1.78. The van der Waals surface area contributed by atoms with Gasteiger partial charge >= 0.3 is 0 Å². The second-order valence-electron chi connectivity index (χ2n) is 3.69. The molecule has 0 atom stereocenters. The predicted molar refractivity (Wildman–Crippen MR) is 76.5 cm³/mol. The van der Waals surface area contributed by atoms with E-state index in [4.69, 9.17) is 5.73 Å². The first kappa shape index (κ1) is 11.5. The first-order valence-electron chi connectivity index (χ1n) is 5.53. The molecule has 3 aromatic rings. The third-order valence-corrected chi connectivity index (χ3v) is 4.50. The van der Waals surface area contributed by atoms with Gasteiger partial charge in [0, 0.05) is 17.6 Å². The van der Waals surface area contributed by atoms with E-state index < -0.39 is 0 Å². The van der Waals surface area contributed by atoms with Crippen molar-refractivity contribution in [2.45, 2.75) is 6.54 Å². The summed E-state index contributed by atoms with van der Waals surface area (Å²) in [5.74, 6) is 0. The molecule has 0 saturated carbocycles. The highest BCUT2D eigenvalue weighted by molar-refractivity contribution is 7.17. The molecule has 0 bridgehead atoms. The van der Waals surface area contributed by atoms with Crippen LogP contribution in [-0.4, -0.2) is 9.97 Å². The number of pyridine rings is 1. The first-order valence-corrected chi connectivity index (χ1v) is 7.23. The van der Waals surface area contributed by atoms with Gasteiger partial charge in [-0.15, -0.1) is 22.7 Å². The topological polar surface area (TPSA) is 51.8 Å². The van der Waals surface area contributed by atoms with Gasteiger partial charge in [0.1, 0.15) is 5.01 Å². The van der Waals surface area contributed by atoms with Gasteiger partial charge in [-0.1, -0.05) is 12.1 Å². The number of thiazole rings is 1. The van der Waals surface area contributed by atoms with Crippen molar-refractivity contribution in [3.8, 4) is 21.3 Å². The Kier molecular flexibility index (Phi) is 3.19. The van der Waals surface area contributed by atoms with Gasteiger partial charge in [-0.3, -0.25) is 4.98 Å². The van der Waals surface area contributed by atoms with Gasteiger partial charge in [0.2, 0.25) is 0 Å². The fourth-order valence-corrected chi connectivity index (χ4v) is 3.43. The maximum absolute atomic E-state index is 5.80. The number of nitrogens with two attached hydrogens (primary N) is 1. The lowest BCUT2D eigenvalue weighted by Crippen LogP contribution is -1.94. The van der Waals surface area contributed by atoms with Gasteiger partial charge < -0.3 is 5.73 Å². The minimum absolute atomic E-state index is 0.512. The quantitative estimate of drug-likeness (QED) is 0.795. The molecular weight excluding hydrogens is 262 g/mol. The Bertz CT molecular complexity index is 630.